The number of anilines is 1. The van der Waals surface area contributed by atoms with E-state index in [2.05, 4.69) is 35.9 Å². The average molecular weight is 550 g/mol. The van der Waals surface area contributed by atoms with Gasteiger partial charge in [-0.05, 0) is 38.4 Å². The first-order valence-electron chi connectivity index (χ1n) is 11.8. The Kier molecular flexibility index (Phi) is 8.88. The molecular formula is C25H24FN9O5. The van der Waals surface area contributed by atoms with Crippen LogP contribution in [0.3, 0.4) is 0 Å². The van der Waals surface area contributed by atoms with Gasteiger partial charge in [0.15, 0.2) is 17.4 Å². The summed E-state index contributed by atoms with van der Waals surface area (Å²) < 4.78 is 22.3. The van der Waals surface area contributed by atoms with Crippen LogP contribution in [-0.4, -0.2) is 62.6 Å². The third-order valence-electron chi connectivity index (χ3n) is 5.24. The zero-order valence-corrected chi connectivity index (χ0v) is 21.4. The molecular weight excluding hydrogens is 525 g/mol. The number of nitrogens with one attached hydrogen (secondary N) is 2. The quantitative estimate of drug-likeness (QED) is 0.162. The summed E-state index contributed by atoms with van der Waals surface area (Å²) in [6.45, 7) is 1.44. The van der Waals surface area contributed by atoms with Crippen LogP contribution >= 0.6 is 0 Å². The molecule has 2 aromatic heterocycles. The number of hydrogen-bond acceptors (Lipinski definition) is 10. The van der Waals surface area contributed by atoms with Crippen molar-refractivity contribution in [3.8, 4) is 28.8 Å². The number of benzene rings is 2. The van der Waals surface area contributed by atoms with Gasteiger partial charge in [0.05, 0.1) is 6.21 Å². The lowest BCUT2D eigenvalue weighted by atomic mass is 10.2. The Bertz CT molecular complexity index is 1530. The number of hydrazone groups is 1. The highest BCUT2D eigenvalue weighted by molar-refractivity contribution is 5.91. The van der Waals surface area contributed by atoms with Crippen molar-refractivity contribution in [2.45, 2.75) is 6.54 Å². The molecule has 0 fully saturated rings. The molecule has 15 heteroatoms. The Morgan fingerprint density at radius 1 is 1.20 bits per heavy atom. The van der Waals surface area contributed by atoms with Crippen molar-refractivity contribution in [1.82, 2.24) is 30.1 Å². The summed E-state index contributed by atoms with van der Waals surface area (Å²) in [7, 11) is 3.93. The highest BCUT2D eigenvalue weighted by atomic mass is 19.1. The number of aromatic nitrogens is 4. The minimum absolute atomic E-state index is 0.0522. The molecule has 0 unspecified atom stereocenters. The van der Waals surface area contributed by atoms with Crippen LogP contribution in [0.5, 0.6) is 17.2 Å². The number of rotatable bonds is 11. The molecule has 4 rings (SSSR count). The number of ether oxygens (including phenoxy) is 1. The molecule has 14 nitrogen and oxygen atoms in total. The molecule has 0 aliphatic rings. The highest BCUT2D eigenvalue weighted by Gasteiger charge is 2.13. The summed E-state index contributed by atoms with van der Waals surface area (Å²) in [5.74, 6) is 0.0379. The van der Waals surface area contributed by atoms with E-state index in [4.69, 9.17) is 4.74 Å². The van der Waals surface area contributed by atoms with Crippen LogP contribution in [0.15, 0.2) is 72.2 Å². The SMILES string of the molecule is CN(C)CCn1cnnc1-c1cc(Oc2ccc(NC(=O)N/N=C/c3ccccc3O[N+](=O)[O-])cc2F)ccn1. The molecule has 0 aliphatic heterocycles. The highest BCUT2D eigenvalue weighted by Crippen LogP contribution is 2.28. The minimum Gasteiger partial charge on any atom is -0.454 e. The lowest BCUT2D eigenvalue weighted by Crippen LogP contribution is -2.24. The number of amides is 2. The maximum absolute atomic E-state index is 14.8. The number of halogens is 1. The standard InChI is InChI=1S/C25H24FN9O5/c1-33(2)11-12-34-16-29-31-24(34)21-14-19(9-10-27-21)39-23-8-7-18(13-20(23)26)30-25(36)32-28-15-17-5-3-4-6-22(17)40-35(37)38/h3-10,13-16H,11-12H2,1-2H3,(H2,30,32,36)/b28-15+. The smallest absolute Gasteiger partial charge is 0.339 e. The number of nitrogens with zero attached hydrogens (tertiary/aromatic N) is 7. The fourth-order valence-electron chi connectivity index (χ4n) is 3.38. The summed E-state index contributed by atoms with van der Waals surface area (Å²) in [4.78, 5) is 33.6. The lowest BCUT2D eigenvalue weighted by Gasteiger charge is -2.12. The Balaban J connectivity index is 1.37. The second-order valence-corrected chi connectivity index (χ2v) is 8.45. The number of urea groups is 1. The van der Waals surface area contributed by atoms with Crippen molar-refractivity contribution >= 4 is 17.9 Å². The number of likely N-dealkylation sites (N-methyl/N-ethyl adjacent to an activating group) is 1. The summed E-state index contributed by atoms with van der Waals surface area (Å²) >= 11 is 0. The Labute approximate surface area is 227 Å². The topological polar surface area (TPSA) is 162 Å². The predicted octanol–water partition coefficient (Wildman–Crippen LogP) is 3.56. The first-order chi connectivity index (χ1) is 19.3. The Hall–Kier alpha value is -5.44. The van der Waals surface area contributed by atoms with Gasteiger partial charge in [-0.3, -0.25) is 9.82 Å². The summed E-state index contributed by atoms with van der Waals surface area (Å²) in [6.07, 6.45) is 4.31. The Morgan fingerprint density at radius 2 is 2.02 bits per heavy atom. The van der Waals surface area contributed by atoms with Crippen molar-refractivity contribution in [3.05, 3.63) is 88.6 Å². The molecule has 0 atom stereocenters. The number of hydrogen-bond donors (Lipinski definition) is 2. The average Bonchev–Trinajstić information content (AvgIpc) is 3.39. The van der Waals surface area contributed by atoms with Crippen LogP contribution in [0.2, 0.25) is 0 Å². The zero-order chi connectivity index (χ0) is 28.5. The van der Waals surface area contributed by atoms with Gasteiger partial charge in [-0.1, -0.05) is 18.2 Å². The number of para-hydroxylation sites is 1. The van der Waals surface area contributed by atoms with Gasteiger partial charge >= 0.3 is 6.03 Å². The van der Waals surface area contributed by atoms with E-state index in [1.807, 2.05) is 23.6 Å². The van der Waals surface area contributed by atoms with Crippen LogP contribution in [0.1, 0.15) is 5.56 Å². The fraction of sp³-hybridized carbons (Fsp3) is 0.160. The maximum atomic E-state index is 14.8. The lowest BCUT2D eigenvalue weighted by molar-refractivity contribution is -0.711. The predicted molar refractivity (Wildman–Crippen MR) is 142 cm³/mol. The molecule has 4 aromatic rings. The van der Waals surface area contributed by atoms with Gasteiger partial charge in [0.25, 0.3) is 5.09 Å². The van der Waals surface area contributed by atoms with Crippen LogP contribution in [0.25, 0.3) is 11.5 Å². The first kappa shape index (κ1) is 27.6. The van der Waals surface area contributed by atoms with E-state index in [0.29, 0.717) is 23.8 Å². The van der Waals surface area contributed by atoms with Gasteiger partial charge in [-0.2, -0.15) is 5.10 Å². The van der Waals surface area contributed by atoms with Crippen LogP contribution in [-0.2, 0) is 6.54 Å². The van der Waals surface area contributed by atoms with Crippen LogP contribution in [0, 0.1) is 15.9 Å². The van der Waals surface area contributed by atoms with Crippen LogP contribution < -0.4 is 20.3 Å². The number of pyridine rings is 1. The molecule has 0 spiro atoms. The minimum atomic E-state index is -0.956. The maximum Gasteiger partial charge on any atom is 0.339 e. The van der Waals surface area contributed by atoms with E-state index in [0.717, 1.165) is 12.6 Å². The third kappa shape index (κ3) is 7.55. The molecule has 40 heavy (non-hydrogen) atoms. The number of carbonyl (C=O) groups excluding carboxylic acids is 1. The molecule has 2 aromatic carbocycles. The van der Waals surface area contributed by atoms with E-state index in [1.54, 1.807) is 30.6 Å². The first-order valence-corrected chi connectivity index (χ1v) is 11.8. The van der Waals surface area contributed by atoms with Gasteiger partial charge in [0, 0.05) is 42.7 Å². The van der Waals surface area contributed by atoms with E-state index in [-0.39, 0.29) is 22.7 Å². The van der Waals surface area contributed by atoms with Gasteiger partial charge < -0.3 is 19.5 Å². The summed E-state index contributed by atoms with van der Waals surface area (Å²) in [6, 6.07) is 12.4. The summed E-state index contributed by atoms with van der Waals surface area (Å²) in [5.41, 5.74) is 3.10. The van der Waals surface area contributed by atoms with Crippen molar-refractivity contribution in [2.75, 3.05) is 26.0 Å². The zero-order valence-electron chi connectivity index (χ0n) is 21.4. The summed E-state index contributed by atoms with van der Waals surface area (Å²) in [5, 5.41) is 23.9. The molecule has 2 heterocycles. The van der Waals surface area contributed by atoms with E-state index < -0.39 is 16.9 Å². The molecule has 2 amide bonds. The number of carbonyl (C=O) groups is 1. The molecule has 0 bridgehead atoms. The second kappa shape index (κ2) is 12.9. The molecule has 0 radical (unpaired) electrons. The van der Waals surface area contributed by atoms with Crippen molar-refractivity contribution in [1.29, 1.82) is 0 Å². The van der Waals surface area contributed by atoms with Gasteiger partial charge in [0.1, 0.15) is 23.5 Å². The van der Waals surface area contributed by atoms with Crippen molar-refractivity contribution < 1.29 is 23.8 Å². The van der Waals surface area contributed by atoms with E-state index in [9.17, 15) is 19.3 Å². The van der Waals surface area contributed by atoms with Gasteiger partial charge in [-0.15, -0.1) is 20.3 Å². The van der Waals surface area contributed by atoms with Crippen LogP contribution in [0.4, 0.5) is 14.9 Å². The second-order valence-electron chi connectivity index (χ2n) is 8.45. The molecule has 0 saturated heterocycles. The molecule has 0 saturated carbocycles. The fourth-order valence-corrected chi connectivity index (χ4v) is 3.38. The van der Waals surface area contributed by atoms with Gasteiger partial charge in [0.2, 0.25) is 0 Å². The monoisotopic (exact) mass is 549 g/mol. The normalized spacial score (nSPS) is 11.0. The Morgan fingerprint density at radius 3 is 2.80 bits per heavy atom. The molecule has 0 aliphatic carbocycles. The van der Waals surface area contributed by atoms with E-state index >= 15 is 0 Å². The van der Waals surface area contributed by atoms with Crippen molar-refractivity contribution in [2.24, 2.45) is 5.10 Å². The third-order valence-corrected chi connectivity index (χ3v) is 5.24. The van der Waals surface area contributed by atoms with Gasteiger partial charge in [-0.25, -0.2) is 14.6 Å². The van der Waals surface area contributed by atoms with Crippen molar-refractivity contribution in [3.63, 3.8) is 0 Å². The molecule has 2 N–H and O–H groups in total. The molecule has 206 valence electrons. The largest absolute Gasteiger partial charge is 0.454 e. The van der Waals surface area contributed by atoms with E-state index in [1.165, 1.54) is 36.7 Å².